The molecule has 6 aliphatic rings. The molecule has 5 aliphatic carbocycles. The summed E-state index contributed by atoms with van der Waals surface area (Å²) in [6, 6.07) is 8.11. The molecule has 12 nitrogen and oxygen atoms in total. The molecule has 0 amide bonds. The van der Waals surface area contributed by atoms with Crippen LogP contribution in [0.15, 0.2) is 30.3 Å². The van der Waals surface area contributed by atoms with Crippen LogP contribution < -0.4 is 0 Å². The number of rotatable bonds is 9. The minimum atomic E-state index is -1.85. The molecule has 1 aliphatic heterocycles. The van der Waals surface area contributed by atoms with Gasteiger partial charge in [-0.25, -0.2) is 4.79 Å². The summed E-state index contributed by atoms with van der Waals surface area (Å²) in [5.74, 6) is -3.65. The van der Waals surface area contributed by atoms with Crippen LogP contribution in [0.25, 0.3) is 0 Å². The lowest BCUT2D eigenvalue weighted by Gasteiger charge is -2.70. The Hall–Kier alpha value is -2.16. The topological polar surface area (TPSA) is 153 Å². The summed E-state index contributed by atoms with van der Waals surface area (Å²) in [4.78, 5) is 29.3. The average Bonchev–Trinajstić information content (AvgIpc) is 3.40. The number of ether oxygens (including phenoxy) is 6. The van der Waals surface area contributed by atoms with Crippen LogP contribution in [0.5, 0.6) is 0 Å². The second-order valence-electron chi connectivity index (χ2n) is 14.5. The predicted molar refractivity (Wildman–Crippen MR) is 160 cm³/mol. The van der Waals surface area contributed by atoms with Gasteiger partial charge in [0.1, 0.15) is 23.9 Å². The van der Waals surface area contributed by atoms with Gasteiger partial charge in [-0.2, -0.15) is 0 Å². The Balaban J connectivity index is 1.53. The lowest BCUT2D eigenvalue weighted by molar-refractivity contribution is -0.323. The Morgan fingerprint density at radius 1 is 0.957 bits per heavy atom. The van der Waals surface area contributed by atoms with Gasteiger partial charge in [0.25, 0.3) is 0 Å². The summed E-state index contributed by atoms with van der Waals surface area (Å²) >= 11 is 0. The van der Waals surface area contributed by atoms with Gasteiger partial charge >= 0.3 is 11.9 Å². The number of benzene rings is 1. The second-order valence-corrected chi connectivity index (χ2v) is 14.5. The number of carbonyl (C=O) groups excluding carboxylic acids is 2. The van der Waals surface area contributed by atoms with Crippen molar-refractivity contribution in [3.63, 3.8) is 0 Å². The largest absolute Gasteiger partial charge is 0.455 e. The van der Waals surface area contributed by atoms with E-state index in [-0.39, 0.29) is 12.3 Å². The lowest BCUT2D eigenvalue weighted by atomic mass is 9.42. The number of carbonyl (C=O) groups is 2. The Morgan fingerprint density at radius 2 is 1.65 bits per heavy atom. The van der Waals surface area contributed by atoms with E-state index in [0.29, 0.717) is 31.7 Å². The van der Waals surface area contributed by atoms with E-state index in [1.54, 1.807) is 51.7 Å². The minimum absolute atomic E-state index is 0.0480. The maximum absolute atomic E-state index is 13.8. The van der Waals surface area contributed by atoms with Gasteiger partial charge in [-0.15, -0.1) is 0 Å². The quantitative estimate of drug-likeness (QED) is 0.323. The molecule has 1 unspecified atom stereocenters. The first-order valence-electron chi connectivity index (χ1n) is 16.3. The van der Waals surface area contributed by atoms with Crippen molar-refractivity contribution < 1.29 is 53.3 Å². The molecule has 7 bridgehead atoms. The number of methoxy groups -OCH3 is 4. The number of hydrogen-bond donors (Lipinski definition) is 3. The molecule has 0 aromatic heterocycles. The zero-order valence-electron chi connectivity index (χ0n) is 27.3. The van der Waals surface area contributed by atoms with E-state index in [2.05, 4.69) is 11.8 Å². The molecule has 0 radical (unpaired) electrons. The van der Waals surface area contributed by atoms with Gasteiger partial charge in [0.15, 0.2) is 5.60 Å². The van der Waals surface area contributed by atoms with Gasteiger partial charge in [-0.3, -0.25) is 9.69 Å². The van der Waals surface area contributed by atoms with Gasteiger partial charge in [0.05, 0.1) is 30.5 Å². The Labute approximate surface area is 269 Å². The van der Waals surface area contributed by atoms with E-state index >= 15 is 0 Å². The highest BCUT2D eigenvalue weighted by atomic mass is 16.6. The van der Waals surface area contributed by atoms with Crippen molar-refractivity contribution in [3.8, 4) is 0 Å². The van der Waals surface area contributed by atoms with Gasteiger partial charge in [-0.1, -0.05) is 25.1 Å². The van der Waals surface area contributed by atoms with Crippen molar-refractivity contribution in [3.05, 3.63) is 35.9 Å². The number of likely N-dealkylation sites (tertiary alicyclic amines) is 1. The number of esters is 2. The highest BCUT2D eigenvalue weighted by Crippen LogP contribution is 2.80. The molecule has 254 valence electrons. The molecular formula is C34H47NO11. The zero-order valence-corrected chi connectivity index (χ0v) is 27.3. The third kappa shape index (κ3) is 3.67. The molecule has 12 heteroatoms. The summed E-state index contributed by atoms with van der Waals surface area (Å²) in [6.45, 7) is 4.91. The summed E-state index contributed by atoms with van der Waals surface area (Å²) in [6.07, 6.45) is -5.70. The van der Waals surface area contributed by atoms with Crippen molar-refractivity contribution in [1.29, 1.82) is 0 Å². The standard InChI is InChI=1S/C34H47NO11/c1-7-35-15-31(16-41-3)14-20(37)27(43-5)33-19-13-32(40)28(45-30(39)18-11-9-8-10-12-18)21(19)34(46-17(2)36,26(38)29(32)44-6)22(25(33)35)23(42-4)24(31)33/h8-12,19-29,37-38,40H,7,13-16H2,1-6H3/t19-,20+,21-,22+,23+,24-,25?,26+,27+,28-,29+,31+,32-,33+,34-/m1/s1. The second kappa shape index (κ2) is 10.9. The van der Waals surface area contributed by atoms with Crippen LogP contribution in [0, 0.1) is 34.5 Å². The number of hydrogen-bond acceptors (Lipinski definition) is 12. The fourth-order valence-corrected chi connectivity index (χ4v) is 12.5. The minimum Gasteiger partial charge on any atom is -0.455 e. The van der Waals surface area contributed by atoms with Crippen LogP contribution in [-0.4, -0.2) is 134 Å². The van der Waals surface area contributed by atoms with E-state index in [9.17, 15) is 24.9 Å². The Morgan fingerprint density at radius 3 is 2.24 bits per heavy atom. The third-order valence-corrected chi connectivity index (χ3v) is 13.0. The SMILES string of the molecule is CCN1C[C@]2(COC)C[C@H](O)[C@H](OC)[C@]34C1[C@H]([C@H](OC)[C@H]23)[C@]1(OC(C)=O)[C@H]2[C@@H](OC(=O)c3ccccc3)[C@](O)(C[C@H]24)[C@@H](OC)[C@@H]1O. The number of piperidine rings is 1. The maximum Gasteiger partial charge on any atom is 0.338 e. The molecule has 46 heavy (non-hydrogen) atoms. The maximum atomic E-state index is 13.8. The third-order valence-electron chi connectivity index (χ3n) is 13.0. The van der Waals surface area contributed by atoms with Crippen LogP contribution in [0.2, 0.25) is 0 Å². The molecule has 6 fully saturated rings. The summed E-state index contributed by atoms with van der Waals surface area (Å²) in [5, 5.41) is 37.2. The van der Waals surface area contributed by atoms with Gasteiger partial charge < -0.3 is 43.7 Å². The van der Waals surface area contributed by atoms with E-state index in [1.807, 2.05) is 0 Å². The van der Waals surface area contributed by atoms with Crippen LogP contribution in [0.1, 0.15) is 37.0 Å². The molecule has 1 aromatic rings. The van der Waals surface area contributed by atoms with Crippen molar-refractivity contribution in [1.82, 2.24) is 4.90 Å². The van der Waals surface area contributed by atoms with Gasteiger partial charge in [-0.05, 0) is 37.4 Å². The van der Waals surface area contributed by atoms with Crippen LogP contribution in [-0.2, 0) is 33.2 Å². The predicted octanol–water partition coefficient (Wildman–Crippen LogP) is 0.648. The first-order chi connectivity index (χ1) is 22.0. The molecule has 1 aromatic carbocycles. The van der Waals surface area contributed by atoms with Crippen LogP contribution in [0.4, 0.5) is 0 Å². The van der Waals surface area contributed by atoms with E-state index < -0.39 is 94.4 Å². The number of aliphatic hydroxyl groups is 3. The molecule has 1 heterocycles. The Kier molecular flexibility index (Phi) is 7.69. The highest BCUT2D eigenvalue weighted by Gasteiger charge is 2.92. The van der Waals surface area contributed by atoms with E-state index in [0.717, 1.165) is 0 Å². The van der Waals surface area contributed by atoms with Crippen molar-refractivity contribution >= 4 is 11.9 Å². The fourth-order valence-electron chi connectivity index (χ4n) is 12.5. The first-order valence-corrected chi connectivity index (χ1v) is 16.3. The Bertz CT molecular complexity index is 1360. The number of nitrogens with zero attached hydrogens (tertiary/aromatic N) is 1. The van der Waals surface area contributed by atoms with Crippen molar-refractivity contribution in [2.75, 3.05) is 48.1 Å². The molecule has 7 rings (SSSR count). The molecule has 15 atom stereocenters. The number of aliphatic hydroxyl groups excluding tert-OH is 2. The zero-order chi connectivity index (χ0) is 33.0. The van der Waals surface area contributed by atoms with Gasteiger partial charge in [0.2, 0.25) is 0 Å². The average molecular weight is 646 g/mol. The van der Waals surface area contributed by atoms with Crippen molar-refractivity contribution in [2.24, 2.45) is 34.5 Å². The summed E-state index contributed by atoms with van der Waals surface area (Å²) < 4.78 is 37.4. The van der Waals surface area contributed by atoms with Crippen molar-refractivity contribution in [2.45, 2.75) is 80.6 Å². The fraction of sp³-hybridized carbons (Fsp3) is 0.765. The first kappa shape index (κ1) is 32.4. The molecule has 5 saturated carbocycles. The molecule has 1 saturated heterocycles. The van der Waals surface area contributed by atoms with E-state index in [4.69, 9.17) is 28.4 Å². The molecule has 3 N–H and O–H groups in total. The van der Waals surface area contributed by atoms with E-state index in [1.165, 1.54) is 14.0 Å². The summed E-state index contributed by atoms with van der Waals surface area (Å²) in [7, 11) is 6.26. The smallest absolute Gasteiger partial charge is 0.338 e. The normalized spacial score (nSPS) is 49.9. The van der Waals surface area contributed by atoms with Gasteiger partial charge in [0, 0.05) is 76.5 Å². The number of fused-ring (bicyclic) bond motifs is 2. The highest BCUT2D eigenvalue weighted by molar-refractivity contribution is 5.89. The lowest BCUT2D eigenvalue weighted by Crippen LogP contribution is -2.81. The summed E-state index contributed by atoms with van der Waals surface area (Å²) in [5.41, 5.74) is -4.71. The monoisotopic (exact) mass is 645 g/mol. The van der Waals surface area contributed by atoms with Crippen LogP contribution in [0.3, 0.4) is 0 Å². The van der Waals surface area contributed by atoms with Crippen LogP contribution >= 0.6 is 0 Å². The molecule has 1 spiro atoms. The molecular weight excluding hydrogens is 598 g/mol.